The lowest BCUT2D eigenvalue weighted by atomic mass is 10.1. The summed E-state index contributed by atoms with van der Waals surface area (Å²) in [5, 5.41) is 12.1. The summed E-state index contributed by atoms with van der Waals surface area (Å²) in [6.45, 7) is 4.80. The Bertz CT molecular complexity index is 904. The summed E-state index contributed by atoms with van der Waals surface area (Å²) in [6, 6.07) is 15.7. The zero-order valence-corrected chi connectivity index (χ0v) is 15.7. The number of anilines is 2. The molecule has 128 valence electrons. The smallest absolute Gasteiger partial charge is 0.176 e. The summed E-state index contributed by atoms with van der Waals surface area (Å²) in [4.78, 5) is 0. The van der Waals surface area contributed by atoms with Crippen LogP contribution in [0.25, 0.3) is 0 Å². The molecule has 0 aliphatic heterocycles. The maximum absolute atomic E-state index is 6.02. The van der Waals surface area contributed by atoms with E-state index < -0.39 is 0 Å². The molecule has 4 nitrogen and oxygen atoms in total. The molecule has 0 saturated heterocycles. The summed E-state index contributed by atoms with van der Waals surface area (Å²) in [6.07, 6.45) is 1.91. The Morgan fingerprint density at radius 2 is 1.92 bits per heavy atom. The van der Waals surface area contributed by atoms with Gasteiger partial charge in [-0.1, -0.05) is 35.9 Å². The zero-order chi connectivity index (χ0) is 17.8. The van der Waals surface area contributed by atoms with Crippen LogP contribution in [-0.2, 0) is 6.54 Å². The van der Waals surface area contributed by atoms with Crippen LogP contribution in [0.3, 0.4) is 0 Å². The number of nitrogens with one attached hydrogen (secondary N) is 2. The van der Waals surface area contributed by atoms with E-state index in [1.54, 1.807) is 0 Å². The summed E-state index contributed by atoms with van der Waals surface area (Å²) in [5.74, 6) is 0.699. The molecule has 0 aliphatic carbocycles. The van der Waals surface area contributed by atoms with Crippen molar-refractivity contribution >= 4 is 40.4 Å². The van der Waals surface area contributed by atoms with E-state index in [1.807, 2.05) is 53.3 Å². The Balaban J connectivity index is 1.63. The lowest BCUT2D eigenvalue weighted by Gasteiger charge is -2.12. The van der Waals surface area contributed by atoms with Crippen molar-refractivity contribution in [1.29, 1.82) is 0 Å². The lowest BCUT2D eigenvalue weighted by Crippen LogP contribution is -2.20. The Morgan fingerprint density at radius 1 is 1.12 bits per heavy atom. The first kappa shape index (κ1) is 17.5. The first-order valence-corrected chi connectivity index (χ1v) is 8.72. The molecule has 0 aliphatic rings. The van der Waals surface area contributed by atoms with Gasteiger partial charge >= 0.3 is 0 Å². The predicted molar refractivity (Wildman–Crippen MR) is 109 cm³/mol. The first-order chi connectivity index (χ1) is 12.0. The summed E-state index contributed by atoms with van der Waals surface area (Å²) < 4.78 is 1.84. The number of nitrogens with zero attached hydrogens (tertiary/aromatic N) is 2. The summed E-state index contributed by atoms with van der Waals surface area (Å²) >= 11 is 11.4. The molecule has 0 atom stereocenters. The fraction of sp³-hybridized carbons (Fsp3) is 0.158. The Hall–Kier alpha value is -2.37. The highest BCUT2D eigenvalue weighted by atomic mass is 35.5. The van der Waals surface area contributed by atoms with Gasteiger partial charge in [-0.3, -0.25) is 4.68 Å². The van der Waals surface area contributed by atoms with Crippen LogP contribution in [0.4, 0.5) is 11.5 Å². The van der Waals surface area contributed by atoms with E-state index in [9.17, 15) is 0 Å². The minimum Gasteiger partial charge on any atom is -0.332 e. The fourth-order valence-electron chi connectivity index (χ4n) is 2.50. The van der Waals surface area contributed by atoms with Crippen LogP contribution in [0.2, 0.25) is 5.02 Å². The fourth-order valence-corrected chi connectivity index (χ4v) is 2.92. The largest absolute Gasteiger partial charge is 0.332 e. The minimum atomic E-state index is 0.515. The molecule has 1 aromatic heterocycles. The molecule has 0 bridgehead atoms. The van der Waals surface area contributed by atoms with Crippen molar-refractivity contribution < 1.29 is 0 Å². The van der Waals surface area contributed by atoms with Gasteiger partial charge in [-0.05, 0) is 61.0 Å². The van der Waals surface area contributed by atoms with Gasteiger partial charge < -0.3 is 10.6 Å². The number of benzene rings is 2. The molecule has 25 heavy (non-hydrogen) atoms. The van der Waals surface area contributed by atoms with Crippen molar-refractivity contribution in [2.75, 3.05) is 10.6 Å². The standard InChI is InChI=1S/C19H19ClN4S/c1-13-5-3-8-17(14(13)2)21-19(25)22-18-9-10-24(23-18)12-15-6-4-7-16(20)11-15/h3-11H,12H2,1-2H3,(H2,21,22,23,25). The van der Waals surface area contributed by atoms with Gasteiger partial charge in [-0.2, -0.15) is 5.10 Å². The number of thiocarbonyl (C=S) groups is 1. The second-order valence-electron chi connectivity index (χ2n) is 5.86. The van der Waals surface area contributed by atoms with Crippen LogP contribution in [0.15, 0.2) is 54.7 Å². The van der Waals surface area contributed by atoms with Crippen LogP contribution < -0.4 is 10.6 Å². The average Bonchev–Trinajstić information content (AvgIpc) is 2.98. The van der Waals surface area contributed by atoms with Crippen LogP contribution in [0.5, 0.6) is 0 Å². The van der Waals surface area contributed by atoms with Gasteiger partial charge in [-0.25, -0.2) is 0 Å². The average molecular weight is 371 g/mol. The molecule has 6 heteroatoms. The minimum absolute atomic E-state index is 0.515. The van der Waals surface area contributed by atoms with Gasteiger partial charge in [-0.15, -0.1) is 0 Å². The molecule has 2 N–H and O–H groups in total. The third-order valence-corrected chi connectivity index (χ3v) is 4.41. The molecule has 0 unspecified atom stereocenters. The lowest BCUT2D eigenvalue weighted by molar-refractivity contribution is 0.690. The molecule has 3 rings (SSSR count). The van der Waals surface area contributed by atoms with Crippen LogP contribution in [0, 0.1) is 13.8 Å². The zero-order valence-electron chi connectivity index (χ0n) is 14.1. The number of aromatic nitrogens is 2. The van der Waals surface area contributed by atoms with Crippen LogP contribution in [0.1, 0.15) is 16.7 Å². The van der Waals surface area contributed by atoms with Crippen molar-refractivity contribution in [3.63, 3.8) is 0 Å². The molecule has 2 aromatic carbocycles. The Labute approximate surface area is 157 Å². The molecule has 0 fully saturated rings. The summed E-state index contributed by atoms with van der Waals surface area (Å²) in [5.41, 5.74) is 4.49. The topological polar surface area (TPSA) is 41.9 Å². The number of rotatable bonds is 4. The van der Waals surface area contributed by atoms with Crippen molar-refractivity contribution in [2.45, 2.75) is 20.4 Å². The molecular weight excluding hydrogens is 352 g/mol. The van der Waals surface area contributed by atoms with E-state index in [1.165, 1.54) is 11.1 Å². The highest BCUT2D eigenvalue weighted by molar-refractivity contribution is 7.80. The van der Waals surface area contributed by atoms with Crippen molar-refractivity contribution in [2.24, 2.45) is 0 Å². The Morgan fingerprint density at radius 3 is 2.72 bits per heavy atom. The SMILES string of the molecule is Cc1cccc(NC(=S)Nc2ccn(Cc3cccc(Cl)c3)n2)c1C. The van der Waals surface area contributed by atoms with E-state index >= 15 is 0 Å². The summed E-state index contributed by atoms with van der Waals surface area (Å²) in [7, 11) is 0. The molecule has 0 spiro atoms. The number of aryl methyl sites for hydroxylation is 1. The third-order valence-electron chi connectivity index (χ3n) is 3.97. The second kappa shape index (κ2) is 7.68. The number of hydrogen-bond acceptors (Lipinski definition) is 2. The van der Waals surface area contributed by atoms with Crippen LogP contribution in [-0.4, -0.2) is 14.9 Å². The highest BCUT2D eigenvalue weighted by Crippen LogP contribution is 2.18. The molecule has 3 aromatic rings. The molecule has 1 heterocycles. The van der Waals surface area contributed by atoms with Gasteiger partial charge in [0.2, 0.25) is 0 Å². The van der Waals surface area contributed by atoms with Crippen LogP contribution >= 0.6 is 23.8 Å². The second-order valence-corrected chi connectivity index (χ2v) is 6.70. The van der Waals surface area contributed by atoms with Gasteiger partial charge in [0.25, 0.3) is 0 Å². The normalized spacial score (nSPS) is 10.5. The monoisotopic (exact) mass is 370 g/mol. The Kier molecular flexibility index (Phi) is 5.36. The third kappa shape index (κ3) is 4.59. The van der Waals surface area contributed by atoms with Crippen molar-refractivity contribution in [1.82, 2.24) is 9.78 Å². The first-order valence-electron chi connectivity index (χ1n) is 7.93. The maximum Gasteiger partial charge on any atom is 0.176 e. The molecule has 0 radical (unpaired) electrons. The number of halogens is 1. The molecular formula is C19H19ClN4S. The van der Waals surface area contributed by atoms with Gasteiger partial charge in [0.1, 0.15) is 0 Å². The quantitative estimate of drug-likeness (QED) is 0.633. The van der Waals surface area contributed by atoms with Crippen molar-refractivity contribution in [3.05, 3.63) is 76.4 Å². The van der Waals surface area contributed by atoms with Crippen molar-refractivity contribution in [3.8, 4) is 0 Å². The highest BCUT2D eigenvalue weighted by Gasteiger charge is 2.06. The maximum atomic E-state index is 6.02. The van der Waals surface area contributed by atoms with E-state index in [4.69, 9.17) is 23.8 Å². The van der Waals surface area contributed by atoms with E-state index in [0.717, 1.165) is 16.3 Å². The van der Waals surface area contributed by atoms with E-state index in [0.29, 0.717) is 17.5 Å². The predicted octanol–water partition coefficient (Wildman–Crippen LogP) is 5.01. The van der Waals surface area contributed by atoms with Gasteiger partial charge in [0.15, 0.2) is 10.9 Å². The van der Waals surface area contributed by atoms with Gasteiger partial charge in [0.05, 0.1) is 6.54 Å². The van der Waals surface area contributed by atoms with E-state index in [-0.39, 0.29) is 0 Å². The molecule has 0 saturated carbocycles. The number of hydrogen-bond donors (Lipinski definition) is 2. The van der Waals surface area contributed by atoms with E-state index in [2.05, 4.69) is 35.6 Å². The van der Waals surface area contributed by atoms with Gasteiger partial charge in [0, 0.05) is 23.0 Å². The molecule has 0 amide bonds.